The maximum Gasteiger partial charge on any atom is 0.160 e. The van der Waals surface area contributed by atoms with E-state index in [0.717, 1.165) is 44.8 Å². The molecule has 4 heterocycles. The SMILES string of the molecule is c1ccc(-c2ccc(-c3cc(-c4cccc5c4sc4ccccc45)nc(-c4ccc5c(c4)C4(c6ccccc6-5)c5ccccc5-n5c6ccccc6c6cccc4c65)n3)c(-c3ccccc3)c2)cc1. The second-order valence-electron chi connectivity index (χ2n) is 18.4. The lowest BCUT2D eigenvalue weighted by molar-refractivity contribution is 0.748. The van der Waals surface area contributed by atoms with Gasteiger partial charge in [0.1, 0.15) is 0 Å². The molecule has 1 spiro atoms. The second kappa shape index (κ2) is 14.6. The van der Waals surface area contributed by atoms with Crippen LogP contribution in [0.4, 0.5) is 0 Å². The fourth-order valence-electron chi connectivity index (χ4n) is 11.9. The standard InChI is InChI=1S/C65H39N3S/c1-3-17-40(18-4-1)42-33-36-46(52(37-42)41-19-5-2-6-20-41)57-39-58(51-26-15-25-50-48-23-9-14-32-61(48)69-63(50)51)67-64(66-57)43-34-35-45-44-21-7-10-27-53(44)65(56(45)38-43)54-28-11-13-31-60(54)68-59-30-12-8-22-47(59)49-24-16-29-55(65)62(49)68/h1-39H. The molecule has 1 unspecified atom stereocenters. The van der Waals surface area contributed by atoms with Crippen LogP contribution in [-0.4, -0.2) is 14.5 Å². The van der Waals surface area contributed by atoms with Crippen LogP contribution in [0.15, 0.2) is 237 Å². The topological polar surface area (TPSA) is 30.7 Å². The Morgan fingerprint density at radius 2 is 0.957 bits per heavy atom. The smallest absolute Gasteiger partial charge is 0.160 e. The number of hydrogen-bond donors (Lipinski definition) is 0. The summed E-state index contributed by atoms with van der Waals surface area (Å²) in [4.78, 5) is 11.3. The zero-order valence-electron chi connectivity index (χ0n) is 37.3. The first-order chi connectivity index (χ1) is 34.2. The summed E-state index contributed by atoms with van der Waals surface area (Å²) in [5.41, 5.74) is 20.2. The Morgan fingerprint density at radius 1 is 0.348 bits per heavy atom. The summed E-state index contributed by atoms with van der Waals surface area (Å²) in [5, 5.41) is 5.04. The Hall–Kier alpha value is -8.70. The van der Waals surface area contributed by atoms with Gasteiger partial charge in [-0.3, -0.25) is 0 Å². The highest BCUT2D eigenvalue weighted by Crippen LogP contribution is 2.61. The molecule has 4 heteroatoms. The van der Waals surface area contributed by atoms with Crippen LogP contribution in [-0.2, 0) is 5.41 Å². The summed E-state index contributed by atoms with van der Waals surface area (Å²) >= 11 is 1.83. The molecule has 15 rings (SSSR count). The lowest BCUT2D eigenvalue weighted by Crippen LogP contribution is -2.33. The average molecular weight is 894 g/mol. The molecule has 0 bridgehead atoms. The molecular formula is C65H39N3S. The van der Waals surface area contributed by atoms with Gasteiger partial charge in [0.15, 0.2) is 5.82 Å². The minimum atomic E-state index is -0.598. The maximum absolute atomic E-state index is 5.65. The Bertz CT molecular complexity index is 4260. The first-order valence-electron chi connectivity index (χ1n) is 23.6. The largest absolute Gasteiger partial charge is 0.309 e. The van der Waals surface area contributed by atoms with Crippen LogP contribution in [0.3, 0.4) is 0 Å². The van der Waals surface area contributed by atoms with Crippen LogP contribution in [0.25, 0.3) is 115 Å². The van der Waals surface area contributed by atoms with Crippen LogP contribution in [0.5, 0.6) is 0 Å². The van der Waals surface area contributed by atoms with E-state index >= 15 is 0 Å². The van der Waals surface area contributed by atoms with Crippen LogP contribution in [0.1, 0.15) is 22.3 Å². The number of fused-ring (bicyclic) bond motifs is 15. The molecule has 13 aromatic rings. The van der Waals surface area contributed by atoms with Crippen LogP contribution >= 0.6 is 11.3 Å². The van der Waals surface area contributed by atoms with Crippen LogP contribution in [0, 0.1) is 0 Å². The number of aromatic nitrogens is 3. The fourth-order valence-corrected chi connectivity index (χ4v) is 13.2. The Balaban J connectivity index is 1.01. The van der Waals surface area contributed by atoms with E-state index in [2.05, 4.69) is 241 Å². The van der Waals surface area contributed by atoms with Gasteiger partial charge in [0, 0.05) is 47.6 Å². The molecule has 0 saturated heterocycles. The normalized spacial score (nSPS) is 14.4. The zero-order valence-corrected chi connectivity index (χ0v) is 38.1. The van der Waals surface area contributed by atoms with E-state index < -0.39 is 5.41 Å². The predicted molar refractivity (Wildman–Crippen MR) is 287 cm³/mol. The third-order valence-electron chi connectivity index (χ3n) is 14.8. The van der Waals surface area contributed by atoms with Crippen molar-refractivity contribution in [1.82, 2.24) is 14.5 Å². The lowest BCUT2D eigenvalue weighted by Gasteiger charge is -2.39. The van der Waals surface area contributed by atoms with Crippen molar-refractivity contribution < 1.29 is 0 Å². The summed E-state index contributed by atoms with van der Waals surface area (Å²) in [7, 11) is 0. The van der Waals surface area contributed by atoms with Crippen molar-refractivity contribution in [2.24, 2.45) is 0 Å². The number of thiophene rings is 1. The van der Waals surface area contributed by atoms with Gasteiger partial charge in [-0.2, -0.15) is 0 Å². The van der Waals surface area contributed by atoms with Crippen molar-refractivity contribution in [2.75, 3.05) is 0 Å². The van der Waals surface area contributed by atoms with Gasteiger partial charge in [0.2, 0.25) is 0 Å². The second-order valence-corrected chi connectivity index (χ2v) is 19.4. The van der Waals surface area contributed by atoms with Gasteiger partial charge in [0.25, 0.3) is 0 Å². The van der Waals surface area contributed by atoms with Crippen molar-refractivity contribution in [3.8, 4) is 73.0 Å². The summed E-state index contributed by atoms with van der Waals surface area (Å²) in [6.07, 6.45) is 0. The number of benzene rings is 10. The Morgan fingerprint density at radius 3 is 1.83 bits per heavy atom. The van der Waals surface area contributed by atoms with Crippen LogP contribution in [0.2, 0.25) is 0 Å². The van der Waals surface area contributed by atoms with Crippen LogP contribution < -0.4 is 0 Å². The third kappa shape index (κ3) is 5.43. The van der Waals surface area contributed by atoms with Gasteiger partial charge >= 0.3 is 0 Å². The predicted octanol–water partition coefficient (Wildman–Crippen LogP) is 17.0. The Labute approximate surface area is 402 Å². The number of para-hydroxylation sites is 3. The van der Waals surface area contributed by atoms with E-state index in [-0.39, 0.29) is 0 Å². The molecule has 3 aromatic heterocycles. The molecule has 1 aliphatic heterocycles. The van der Waals surface area contributed by atoms with E-state index in [4.69, 9.17) is 9.97 Å². The molecule has 320 valence electrons. The summed E-state index contributed by atoms with van der Waals surface area (Å²) in [5.74, 6) is 0.692. The van der Waals surface area contributed by atoms with Crippen molar-refractivity contribution in [3.63, 3.8) is 0 Å². The van der Waals surface area contributed by atoms with E-state index in [1.807, 2.05) is 11.3 Å². The van der Waals surface area contributed by atoms with E-state index in [1.165, 1.54) is 86.6 Å². The zero-order chi connectivity index (χ0) is 45.2. The highest BCUT2D eigenvalue weighted by molar-refractivity contribution is 7.26. The molecule has 1 atom stereocenters. The van der Waals surface area contributed by atoms with Crippen molar-refractivity contribution in [2.45, 2.75) is 5.41 Å². The summed E-state index contributed by atoms with van der Waals surface area (Å²) < 4.78 is 5.00. The minimum Gasteiger partial charge on any atom is -0.309 e. The van der Waals surface area contributed by atoms with Gasteiger partial charge in [-0.15, -0.1) is 11.3 Å². The van der Waals surface area contributed by atoms with Gasteiger partial charge in [-0.05, 0) is 92.0 Å². The Kier molecular flexibility index (Phi) is 8.15. The molecule has 0 radical (unpaired) electrons. The monoisotopic (exact) mass is 893 g/mol. The van der Waals surface area contributed by atoms with Crippen molar-refractivity contribution in [3.05, 3.63) is 259 Å². The number of rotatable bonds is 5. The highest BCUT2D eigenvalue weighted by atomic mass is 32.1. The van der Waals surface area contributed by atoms with Gasteiger partial charge in [-0.25, -0.2) is 9.97 Å². The minimum absolute atomic E-state index is 0.598. The molecule has 0 N–H and O–H groups in total. The van der Waals surface area contributed by atoms with Gasteiger partial charge < -0.3 is 4.57 Å². The number of hydrogen-bond acceptors (Lipinski definition) is 3. The van der Waals surface area contributed by atoms with E-state index in [1.54, 1.807) is 0 Å². The fraction of sp³-hybridized carbons (Fsp3) is 0.0154. The highest BCUT2D eigenvalue weighted by Gasteiger charge is 2.51. The lowest BCUT2D eigenvalue weighted by atomic mass is 9.65. The summed E-state index contributed by atoms with van der Waals surface area (Å²) in [6.45, 7) is 0. The maximum atomic E-state index is 5.65. The summed E-state index contributed by atoms with van der Waals surface area (Å²) in [6, 6.07) is 86.7. The van der Waals surface area contributed by atoms with Crippen molar-refractivity contribution in [1.29, 1.82) is 0 Å². The van der Waals surface area contributed by atoms with Crippen molar-refractivity contribution >= 4 is 53.3 Å². The molecule has 0 saturated carbocycles. The van der Waals surface area contributed by atoms with E-state index in [9.17, 15) is 0 Å². The first kappa shape index (κ1) is 38.4. The van der Waals surface area contributed by atoms with Gasteiger partial charge in [0.05, 0.1) is 33.5 Å². The van der Waals surface area contributed by atoms with Gasteiger partial charge in [-0.1, -0.05) is 200 Å². The molecule has 0 amide bonds. The molecule has 1 aliphatic carbocycles. The number of nitrogens with zero attached hydrogens (tertiary/aromatic N) is 3. The quantitative estimate of drug-likeness (QED) is 0.172. The molecule has 2 aliphatic rings. The molecule has 10 aromatic carbocycles. The first-order valence-corrected chi connectivity index (χ1v) is 24.5. The average Bonchev–Trinajstić information content (AvgIpc) is 4.07. The third-order valence-corrected chi connectivity index (χ3v) is 16.1. The van der Waals surface area contributed by atoms with E-state index in [0.29, 0.717) is 5.82 Å². The molecule has 69 heavy (non-hydrogen) atoms. The molecule has 0 fully saturated rings. The molecular weight excluding hydrogens is 855 g/mol. The molecule has 3 nitrogen and oxygen atoms in total.